The minimum absolute atomic E-state index is 0. The lowest BCUT2D eigenvalue weighted by Crippen LogP contribution is -2.44. The molecule has 1 rings (SSSR count). The number of ether oxygens (including phenoxy) is 1. The lowest BCUT2D eigenvalue weighted by Gasteiger charge is -2.24. The van der Waals surface area contributed by atoms with Crippen LogP contribution < -0.4 is 16.0 Å². The van der Waals surface area contributed by atoms with E-state index in [1.54, 1.807) is 19.0 Å². The molecule has 0 aliphatic carbocycles. The first-order chi connectivity index (χ1) is 13.4. The van der Waals surface area contributed by atoms with Gasteiger partial charge in [-0.15, -0.1) is 24.0 Å². The van der Waals surface area contributed by atoms with Gasteiger partial charge in [0, 0.05) is 45.8 Å². The van der Waals surface area contributed by atoms with Crippen LogP contribution in [0.2, 0.25) is 0 Å². The van der Waals surface area contributed by atoms with Gasteiger partial charge in [-0.25, -0.2) is 4.79 Å². The van der Waals surface area contributed by atoms with Gasteiger partial charge < -0.3 is 25.6 Å². The highest BCUT2D eigenvalue weighted by molar-refractivity contribution is 14.0. The Morgan fingerprint density at radius 1 is 1.00 bits per heavy atom. The van der Waals surface area contributed by atoms with E-state index in [0.29, 0.717) is 13.1 Å². The number of guanidine groups is 1. The van der Waals surface area contributed by atoms with Crippen molar-refractivity contribution < 1.29 is 9.53 Å². The Morgan fingerprint density at radius 3 is 2.07 bits per heavy atom. The van der Waals surface area contributed by atoms with Crippen molar-refractivity contribution in [3.63, 3.8) is 0 Å². The summed E-state index contributed by atoms with van der Waals surface area (Å²) in [6, 6.07) is 8.17. The molecular weight excluding hydrogens is 493 g/mol. The van der Waals surface area contributed by atoms with Crippen LogP contribution in [0.4, 0.5) is 4.79 Å². The zero-order valence-corrected chi connectivity index (χ0v) is 22.1. The highest BCUT2D eigenvalue weighted by atomic mass is 127. The Hall–Kier alpha value is -1.55. The Labute approximate surface area is 199 Å². The molecule has 0 radical (unpaired) electrons. The maximum atomic E-state index is 12.1. The van der Waals surface area contributed by atoms with Gasteiger partial charge in [0.25, 0.3) is 0 Å². The summed E-state index contributed by atoms with van der Waals surface area (Å²) in [4.78, 5) is 17.9. The summed E-state index contributed by atoms with van der Waals surface area (Å²) in [7, 11) is 3.51. The topological polar surface area (TPSA) is 78.0 Å². The molecule has 30 heavy (non-hydrogen) atoms. The van der Waals surface area contributed by atoms with Gasteiger partial charge in [-0.05, 0) is 52.7 Å². The summed E-state index contributed by atoms with van der Waals surface area (Å²) in [6.07, 6.45) is -0.320. The van der Waals surface area contributed by atoms with Crippen LogP contribution in [-0.2, 0) is 17.8 Å². The van der Waals surface area contributed by atoms with Crippen molar-refractivity contribution in [1.82, 2.24) is 20.9 Å². The predicted molar refractivity (Wildman–Crippen MR) is 136 cm³/mol. The normalized spacial score (nSPS) is 12.1. The van der Waals surface area contributed by atoms with E-state index in [1.807, 2.05) is 32.9 Å². The van der Waals surface area contributed by atoms with Crippen LogP contribution in [0.25, 0.3) is 0 Å². The molecule has 0 saturated heterocycles. The number of hydrogen-bond donors (Lipinski definition) is 3. The minimum atomic E-state index is -0.490. The largest absolute Gasteiger partial charge is 0.444 e. The number of amides is 1. The predicted octanol–water partition coefficient (Wildman–Crippen LogP) is 3.72. The van der Waals surface area contributed by atoms with Gasteiger partial charge in [-0.2, -0.15) is 0 Å². The second kappa shape index (κ2) is 13.0. The molecule has 1 aromatic carbocycles. The number of hydrogen-bond acceptors (Lipinski definition) is 4. The molecule has 0 aliphatic rings. The highest BCUT2D eigenvalue weighted by Gasteiger charge is 2.19. The van der Waals surface area contributed by atoms with Crippen molar-refractivity contribution in [2.45, 2.75) is 65.8 Å². The Bertz CT molecular complexity index is 664. The van der Waals surface area contributed by atoms with Gasteiger partial charge in [0.15, 0.2) is 5.96 Å². The standard InChI is InChI=1S/C22H39N5O2.HI/c1-21(2,3)26-14-13-24-19(23-7)25-15-17-9-11-18(12-10-17)16-27(8)20(28)29-22(4,5)6;/h9-12,26H,13-16H2,1-8H3,(H2,23,24,25);1H. The third-order valence-corrected chi connectivity index (χ3v) is 3.90. The second-order valence-corrected chi connectivity index (χ2v) is 9.18. The van der Waals surface area contributed by atoms with E-state index in [4.69, 9.17) is 4.74 Å². The smallest absolute Gasteiger partial charge is 0.410 e. The molecule has 1 amide bonds. The van der Waals surface area contributed by atoms with Crippen LogP contribution in [0, 0.1) is 0 Å². The third-order valence-electron chi connectivity index (χ3n) is 3.90. The number of nitrogens with zero attached hydrogens (tertiary/aromatic N) is 2. The SMILES string of the molecule is CN=C(NCCNC(C)(C)C)NCc1ccc(CN(C)C(=O)OC(C)(C)C)cc1.I. The van der Waals surface area contributed by atoms with E-state index in [9.17, 15) is 4.79 Å². The molecule has 7 nitrogen and oxygen atoms in total. The van der Waals surface area contributed by atoms with E-state index >= 15 is 0 Å². The van der Waals surface area contributed by atoms with Crippen molar-refractivity contribution >= 4 is 36.0 Å². The quantitative estimate of drug-likeness (QED) is 0.216. The molecule has 0 atom stereocenters. The maximum absolute atomic E-state index is 12.1. The Balaban J connectivity index is 0.00000841. The molecule has 8 heteroatoms. The van der Waals surface area contributed by atoms with Crippen LogP contribution in [0.15, 0.2) is 29.3 Å². The summed E-state index contributed by atoms with van der Waals surface area (Å²) in [6.45, 7) is 14.9. The lowest BCUT2D eigenvalue weighted by atomic mass is 10.1. The summed E-state index contributed by atoms with van der Waals surface area (Å²) in [5.74, 6) is 0.773. The molecule has 0 unspecified atom stereocenters. The molecule has 0 heterocycles. The molecule has 172 valence electrons. The van der Waals surface area contributed by atoms with Gasteiger partial charge >= 0.3 is 6.09 Å². The van der Waals surface area contributed by atoms with Crippen molar-refractivity contribution in [3.05, 3.63) is 35.4 Å². The van der Waals surface area contributed by atoms with Crippen molar-refractivity contribution in [3.8, 4) is 0 Å². The third kappa shape index (κ3) is 12.9. The van der Waals surface area contributed by atoms with E-state index in [0.717, 1.165) is 30.2 Å². The summed E-state index contributed by atoms with van der Waals surface area (Å²) >= 11 is 0. The molecule has 0 aromatic heterocycles. The van der Waals surface area contributed by atoms with Crippen molar-refractivity contribution in [2.75, 3.05) is 27.2 Å². The number of rotatable bonds is 7. The van der Waals surface area contributed by atoms with Gasteiger partial charge in [-0.1, -0.05) is 24.3 Å². The number of nitrogens with one attached hydrogen (secondary N) is 3. The number of benzene rings is 1. The lowest BCUT2D eigenvalue weighted by molar-refractivity contribution is 0.0285. The number of carbonyl (C=O) groups is 1. The fraction of sp³-hybridized carbons (Fsp3) is 0.636. The summed E-state index contributed by atoms with van der Waals surface area (Å²) in [5.41, 5.74) is 1.82. The fourth-order valence-electron chi connectivity index (χ4n) is 2.47. The van der Waals surface area contributed by atoms with Crippen molar-refractivity contribution in [2.24, 2.45) is 4.99 Å². The van der Waals surface area contributed by atoms with Gasteiger partial charge in [0.05, 0.1) is 0 Å². The Morgan fingerprint density at radius 2 is 1.57 bits per heavy atom. The Kier molecular flexibility index (Phi) is 12.3. The second-order valence-electron chi connectivity index (χ2n) is 9.18. The molecule has 0 saturated carbocycles. The molecular formula is C22H40IN5O2. The van der Waals surface area contributed by atoms with E-state index in [-0.39, 0.29) is 35.6 Å². The van der Waals surface area contributed by atoms with Gasteiger partial charge in [0.1, 0.15) is 5.60 Å². The van der Waals surface area contributed by atoms with E-state index < -0.39 is 5.60 Å². The van der Waals surface area contributed by atoms with Gasteiger partial charge in [-0.3, -0.25) is 4.99 Å². The monoisotopic (exact) mass is 533 g/mol. The molecule has 3 N–H and O–H groups in total. The van der Waals surface area contributed by atoms with E-state index in [2.05, 4.69) is 53.8 Å². The van der Waals surface area contributed by atoms with Gasteiger partial charge in [0.2, 0.25) is 0 Å². The summed E-state index contributed by atoms with van der Waals surface area (Å²) < 4.78 is 5.38. The number of carbonyl (C=O) groups excluding carboxylic acids is 1. The first kappa shape index (κ1) is 28.5. The number of halogens is 1. The average Bonchev–Trinajstić information content (AvgIpc) is 2.60. The van der Waals surface area contributed by atoms with E-state index in [1.165, 1.54) is 0 Å². The van der Waals surface area contributed by atoms with Crippen LogP contribution in [0.5, 0.6) is 0 Å². The minimum Gasteiger partial charge on any atom is -0.444 e. The zero-order valence-electron chi connectivity index (χ0n) is 19.8. The first-order valence-corrected chi connectivity index (χ1v) is 10.1. The van der Waals surface area contributed by atoms with Crippen LogP contribution in [0.3, 0.4) is 0 Å². The van der Waals surface area contributed by atoms with Crippen molar-refractivity contribution in [1.29, 1.82) is 0 Å². The average molecular weight is 533 g/mol. The maximum Gasteiger partial charge on any atom is 0.410 e. The fourth-order valence-corrected chi connectivity index (χ4v) is 2.47. The van der Waals surface area contributed by atoms with Crippen LogP contribution in [0.1, 0.15) is 52.7 Å². The van der Waals surface area contributed by atoms with Crippen LogP contribution in [-0.4, -0.2) is 55.3 Å². The molecule has 1 aromatic rings. The molecule has 0 spiro atoms. The molecule has 0 bridgehead atoms. The molecule has 0 fully saturated rings. The zero-order chi connectivity index (χ0) is 22.1. The first-order valence-electron chi connectivity index (χ1n) is 10.1. The van der Waals surface area contributed by atoms with Crippen LogP contribution >= 0.6 is 24.0 Å². The number of aliphatic imine (C=N–C) groups is 1. The molecule has 0 aliphatic heterocycles. The summed E-state index contributed by atoms with van der Waals surface area (Å²) in [5, 5.41) is 10.0. The highest BCUT2D eigenvalue weighted by Crippen LogP contribution is 2.12.